The first-order valence-corrected chi connectivity index (χ1v) is 6.15. The molecule has 0 radical (unpaired) electrons. The van der Waals surface area contributed by atoms with Crippen LogP contribution in [-0.2, 0) is 6.61 Å². The summed E-state index contributed by atoms with van der Waals surface area (Å²) in [6.07, 6.45) is 0. The van der Waals surface area contributed by atoms with Gasteiger partial charge in [0.15, 0.2) is 0 Å². The Morgan fingerprint density at radius 2 is 2.27 bits per heavy atom. The SMILES string of the molecule is Cc1nc(-c2cccc(Br)c2)sc1CO. The molecule has 0 bridgehead atoms. The van der Waals surface area contributed by atoms with Crippen LogP contribution >= 0.6 is 27.3 Å². The summed E-state index contributed by atoms with van der Waals surface area (Å²) in [6, 6.07) is 8.01. The van der Waals surface area contributed by atoms with Crippen LogP contribution in [0, 0.1) is 6.92 Å². The highest BCUT2D eigenvalue weighted by Crippen LogP contribution is 2.29. The zero-order valence-corrected chi connectivity index (χ0v) is 10.6. The molecule has 0 unspecified atom stereocenters. The molecular formula is C11H10BrNOS. The maximum absolute atomic E-state index is 9.09. The van der Waals surface area contributed by atoms with Crippen LogP contribution in [0.1, 0.15) is 10.6 Å². The number of hydrogen-bond donors (Lipinski definition) is 1. The molecular weight excluding hydrogens is 274 g/mol. The van der Waals surface area contributed by atoms with Crippen LogP contribution < -0.4 is 0 Å². The number of rotatable bonds is 2. The van der Waals surface area contributed by atoms with Gasteiger partial charge < -0.3 is 5.11 Å². The molecule has 1 N–H and O–H groups in total. The molecule has 0 saturated heterocycles. The Hall–Kier alpha value is -0.710. The molecule has 0 fully saturated rings. The third-order valence-electron chi connectivity index (χ3n) is 2.11. The molecule has 0 aliphatic heterocycles. The number of thiazole rings is 1. The van der Waals surface area contributed by atoms with Crippen molar-refractivity contribution in [2.75, 3.05) is 0 Å². The molecule has 2 nitrogen and oxygen atoms in total. The van der Waals surface area contributed by atoms with Crippen molar-refractivity contribution in [3.63, 3.8) is 0 Å². The second-order valence-corrected chi connectivity index (χ2v) is 5.20. The summed E-state index contributed by atoms with van der Waals surface area (Å²) in [5.74, 6) is 0. The van der Waals surface area contributed by atoms with E-state index in [1.54, 1.807) is 0 Å². The number of halogens is 1. The predicted molar refractivity (Wildman–Crippen MR) is 65.9 cm³/mol. The molecule has 0 saturated carbocycles. The van der Waals surface area contributed by atoms with E-state index in [0.29, 0.717) is 0 Å². The highest BCUT2D eigenvalue weighted by molar-refractivity contribution is 9.10. The molecule has 0 aliphatic rings. The van der Waals surface area contributed by atoms with Gasteiger partial charge in [0.2, 0.25) is 0 Å². The minimum atomic E-state index is 0.0670. The molecule has 0 atom stereocenters. The lowest BCUT2D eigenvalue weighted by molar-refractivity contribution is 0.284. The molecule has 0 spiro atoms. The fraction of sp³-hybridized carbons (Fsp3) is 0.182. The van der Waals surface area contributed by atoms with Gasteiger partial charge in [-0.15, -0.1) is 11.3 Å². The molecule has 0 aliphatic carbocycles. The van der Waals surface area contributed by atoms with Gasteiger partial charge in [-0.2, -0.15) is 0 Å². The highest BCUT2D eigenvalue weighted by atomic mass is 79.9. The quantitative estimate of drug-likeness (QED) is 0.917. The maximum Gasteiger partial charge on any atom is 0.123 e. The van der Waals surface area contributed by atoms with Crippen molar-refractivity contribution in [1.29, 1.82) is 0 Å². The van der Waals surface area contributed by atoms with Gasteiger partial charge in [-0.3, -0.25) is 0 Å². The van der Waals surface area contributed by atoms with Crippen molar-refractivity contribution < 1.29 is 5.11 Å². The van der Waals surface area contributed by atoms with E-state index in [4.69, 9.17) is 5.11 Å². The van der Waals surface area contributed by atoms with Crippen LogP contribution in [0.4, 0.5) is 0 Å². The smallest absolute Gasteiger partial charge is 0.123 e. The number of nitrogens with zero attached hydrogens (tertiary/aromatic N) is 1. The summed E-state index contributed by atoms with van der Waals surface area (Å²) in [4.78, 5) is 5.37. The van der Waals surface area contributed by atoms with E-state index in [0.717, 1.165) is 25.6 Å². The van der Waals surface area contributed by atoms with Gasteiger partial charge in [0.05, 0.1) is 17.2 Å². The normalized spacial score (nSPS) is 10.6. The third kappa shape index (κ3) is 2.27. The van der Waals surface area contributed by atoms with Crippen molar-refractivity contribution in [2.45, 2.75) is 13.5 Å². The highest BCUT2D eigenvalue weighted by Gasteiger charge is 2.08. The van der Waals surface area contributed by atoms with Crippen molar-refractivity contribution >= 4 is 27.3 Å². The van der Waals surface area contributed by atoms with Gasteiger partial charge >= 0.3 is 0 Å². The Balaban J connectivity index is 2.45. The minimum Gasteiger partial charge on any atom is -0.391 e. The van der Waals surface area contributed by atoms with Crippen LogP contribution in [0.3, 0.4) is 0 Å². The molecule has 1 heterocycles. The summed E-state index contributed by atoms with van der Waals surface area (Å²) in [5, 5.41) is 10.1. The lowest BCUT2D eigenvalue weighted by Crippen LogP contribution is -1.80. The van der Waals surface area contributed by atoms with E-state index < -0.39 is 0 Å². The molecule has 0 amide bonds. The van der Waals surface area contributed by atoms with Gasteiger partial charge in [0.1, 0.15) is 5.01 Å². The minimum absolute atomic E-state index is 0.0670. The van der Waals surface area contributed by atoms with E-state index in [1.807, 2.05) is 31.2 Å². The summed E-state index contributed by atoms with van der Waals surface area (Å²) < 4.78 is 1.04. The van der Waals surface area contributed by atoms with E-state index >= 15 is 0 Å². The Bertz CT molecular complexity index is 481. The number of aliphatic hydroxyl groups is 1. The Morgan fingerprint density at radius 3 is 2.87 bits per heavy atom. The summed E-state index contributed by atoms with van der Waals surface area (Å²) >= 11 is 4.97. The van der Waals surface area contributed by atoms with E-state index in [1.165, 1.54) is 11.3 Å². The Morgan fingerprint density at radius 1 is 1.47 bits per heavy atom. The fourth-order valence-electron chi connectivity index (χ4n) is 1.32. The van der Waals surface area contributed by atoms with Crippen LogP contribution in [0.5, 0.6) is 0 Å². The van der Waals surface area contributed by atoms with Crippen LogP contribution in [0.2, 0.25) is 0 Å². The molecule has 2 aromatic rings. The lowest BCUT2D eigenvalue weighted by Gasteiger charge is -1.95. The summed E-state index contributed by atoms with van der Waals surface area (Å²) in [7, 11) is 0. The van der Waals surface area contributed by atoms with Gasteiger partial charge in [-0.05, 0) is 19.1 Å². The Kier molecular flexibility index (Phi) is 3.19. The third-order valence-corrected chi connectivity index (χ3v) is 3.79. The Labute approximate surface area is 101 Å². The van der Waals surface area contributed by atoms with Gasteiger partial charge in [0, 0.05) is 10.0 Å². The van der Waals surface area contributed by atoms with Crippen molar-refractivity contribution in [3.8, 4) is 10.6 Å². The molecule has 1 aromatic heterocycles. The van der Waals surface area contributed by atoms with Gasteiger partial charge in [-0.25, -0.2) is 4.98 Å². The molecule has 4 heteroatoms. The second kappa shape index (κ2) is 4.43. The number of hydrogen-bond acceptors (Lipinski definition) is 3. The first kappa shape index (κ1) is 10.8. The van der Waals surface area contributed by atoms with Crippen LogP contribution in [0.25, 0.3) is 10.6 Å². The number of benzene rings is 1. The topological polar surface area (TPSA) is 33.1 Å². The molecule has 78 valence electrons. The lowest BCUT2D eigenvalue weighted by atomic mass is 10.2. The number of aromatic nitrogens is 1. The van der Waals surface area contributed by atoms with Crippen molar-refractivity contribution in [3.05, 3.63) is 39.3 Å². The fourth-order valence-corrected chi connectivity index (χ4v) is 2.64. The standard InChI is InChI=1S/C11H10BrNOS/c1-7-10(6-14)15-11(13-7)8-3-2-4-9(12)5-8/h2-5,14H,6H2,1H3. The second-order valence-electron chi connectivity index (χ2n) is 3.20. The first-order chi connectivity index (χ1) is 7.20. The molecule has 2 rings (SSSR count). The van der Waals surface area contributed by atoms with E-state index in [2.05, 4.69) is 20.9 Å². The van der Waals surface area contributed by atoms with Gasteiger partial charge in [0.25, 0.3) is 0 Å². The van der Waals surface area contributed by atoms with Crippen LogP contribution in [-0.4, -0.2) is 10.1 Å². The van der Waals surface area contributed by atoms with Crippen molar-refractivity contribution in [2.24, 2.45) is 0 Å². The van der Waals surface area contributed by atoms with E-state index in [-0.39, 0.29) is 6.61 Å². The number of aliphatic hydroxyl groups excluding tert-OH is 1. The first-order valence-electron chi connectivity index (χ1n) is 4.54. The van der Waals surface area contributed by atoms with E-state index in [9.17, 15) is 0 Å². The average Bonchev–Trinajstić information content (AvgIpc) is 2.60. The van der Waals surface area contributed by atoms with Gasteiger partial charge in [-0.1, -0.05) is 28.1 Å². The van der Waals surface area contributed by atoms with Crippen molar-refractivity contribution in [1.82, 2.24) is 4.98 Å². The molecule has 15 heavy (non-hydrogen) atoms. The summed E-state index contributed by atoms with van der Waals surface area (Å²) in [5.41, 5.74) is 2.00. The zero-order valence-electron chi connectivity index (χ0n) is 8.20. The maximum atomic E-state index is 9.09. The predicted octanol–water partition coefficient (Wildman–Crippen LogP) is 3.37. The zero-order chi connectivity index (χ0) is 10.8. The monoisotopic (exact) mass is 283 g/mol. The van der Waals surface area contributed by atoms with Crippen LogP contribution in [0.15, 0.2) is 28.7 Å². The largest absolute Gasteiger partial charge is 0.391 e. The average molecular weight is 284 g/mol. The number of aryl methyl sites for hydroxylation is 1. The summed E-state index contributed by atoms with van der Waals surface area (Å²) in [6.45, 7) is 1.99. The molecule has 1 aromatic carbocycles.